The number of hydrogen-bond donors (Lipinski definition) is 1. The van der Waals surface area contributed by atoms with E-state index in [1.54, 1.807) is 7.11 Å². The Hall–Kier alpha value is -0.500. The second-order valence-corrected chi connectivity index (χ2v) is 5.76. The van der Waals surface area contributed by atoms with Crippen molar-refractivity contribution in [3.8, 4) is 0 Å². The summed E-state index contributed by atoms with van der Waals surface area (Å²) in [7, 11) is 1.63. The van der Waals surface area contributed by atoms with Crippen molar-refractivity contribution in [1.29, 1.82) is 0 Å². The lowest BCUT2D eigenvalue weighted by Crippen LogP contribution is -2.58. The van der Waals surface area contributed by atoms with Gasteiger partial charge in [0.1, 0.15) is 11.4 Å². The Labute approximate surface area is 91.3 Å². The molecule has 0 amide bonds. The zero-order valence-electron chi connectivity index (χ0n) is 9.41. The minimum Gasteiger partial charge on any atom is -0.499 e. The third-order valence-electron chi connectivity index (χ3n) is 5.08. The van der Waals surface area contributed by atoms with Gasteiger partial charge in [-0.2, -0.15) is 0 Å². The molecule has 0 unspecified atom stereocenters. The molecule has 0 atom stereocenters. The Morgan fingerprint density at radius 1 is 1.13 bits per heavy atom. The molecule has 84 valence electrons. The molecule has 4 saturated carbocycles. The van der Waals surface area contributed by atoms with Gasteiger partial charge in [-0.15, -0.1) is 0 Å². The summed E-state index contributed by atoms with van der Waals surface area (Å²) in [5, 5.41) is 10.8. The maximum Gasteiger partial charge on any atom is 0.126 e. The van der Waals surface area contributed by atoms with Crippen LogP contribution in [0.5, 0.6) is 0 Å². The SMILES string of the molecule is C=C(OC)C1(O)C2CC3CC(C2)CC1C3. The lowest BCUT2D eigenvalue weighted by molar-refractivity contribution is -0.168. The molecule has 0 saturated heterocycles. The first kappa shape index (κ1) is 9.71. The molecule has 1 N–H and O–H groups in total. The van der Waals surface area contributed by atoms with Crippen molar-refractivity contribution in [3.63, 3.8) is 0 Å². The van der Waals surface area contributed by atoms with Crippen LogP contribution in [0.15, 0.2) is 12.3 Å². The van der Waals surface area contributed by atoms with Crippen LogP contribution >= 0.6 is 0 Å². The Kier molecular flexibility index (Phi) is 1.94. The molecular weight excluding hydrogens is 188 g/mol. The summed E-state index contributed by atoms with van der Waals surface area (Å²) in [6.07, 6.45) is 6.15. The summed E-state index contributed by atoms with van der Waals surface area (Å²) < 4.78 is 5.23. The average Bonchev–Trinajstić information content (AvgIpc) is 2.23. The molecule has 4 aliphatic rings. The number of rotatable bonds is 2. The van der Waals surface area contributed by atoms with Gasteiger partial charge in [0.15, 0.2) is 0 Å². The number of aliphatic hydroxyl groups is 1. The van der Waals surface area contributed by atoms with Crippen LogP contribution in [0.3, 0.4) is 0 Å². The van der Waals surface area contributed by atoms with Crippen LogP contribution in [0.4, 0.5) is 0 Å². The van der Waals surface area contributed by atoms with Crippen LogP contribution in [-0.2, 0) is 4.74 Å². The van der Waals surface area contributed by atoms with Gasteiger partial charge >= 0.3 is 0 Å². The van der Waals surface area contributed by atoms with E-state index in [0.717, 1.165) is 11.8 Å². The first-order valence-electron chi connectivity index (χ1n) is 6.10. The molecule has 4 aliphatic carbocycles. The fourth-order valence-corrected chi connectivity index (χ4v) is 4.52. The van der Waals surface area contributed by atoms with Crippen LogP contribution in [-0.4, -0.2) is 17.8 Å². The van der Waals surface area contributed by atoms with Crippen LogP contribution in [0.25, 0.3) is 0 Å². The molecule has 0 aliphatic heterocycles. The third kappa shape index (κ3) is 1.14. The predicted molar refractivity (Wildman–Crippen MR) is 58.1 cm³/mol. The van der Waals surface area contributed by atoms with Gasteiger partial charge in [-0.3, -0.25) is 0 Å². The molecule has 2 nitrogen and oxygen atoms in total. The highest BCUT2D eigenvalue weighted by Crippen LogP contribution is 2.60. The van der Waals surface area contributed by atoms with E-state index in [-0.39, 0.29) is 0 Å². The maximum atomic E-state index is 10.8. The van der Waals surface area contributed by atoms with Gasteiger partial charge in [0.05, 0.1) is 7.11 Å². The topological polar surface area (TPSA) is 29.5 Å². The van der Waals surface area contributed by atoms with E-state index in [9.17, 15) is 5.11 Å². The summed E-state index contributed by atoms with van der Waals surface area (Å²) in [4.78, 5) is 0. The van der Waals surface area contributed by atoms with E-state index in [1.165, 1.54) is 32.1 Å². The minimum absolute atomic E-state index is 0.418. The average molecular weight is 208 g/mol. The molecular formula is C13H20O2. The lowest BCUT2D eigenvalue weighted by atomic mass is 9.49. The second-order valence-electron chi connectivity index (χ2n) is 5.76. The Morgan fingerprint density at radius 3 is 2.00 bits per heavy atom. The number of ether oxygens (including phenoxy) is 1. The molecule has 0 aromatic heterocycles. The van der Waals surface area contributed by atoms with Crippen molar-refractivity contribution in [2.24, 2.45) is 23.7 Å². The second kappa shape index (κ2) is 3.00. The molecule has 0 aromatic rings. The Morgan fingerprint density at radius 2 is 1.60 bits per heavy atom. The Bertz CT molecular complexity index is 267. The smallest absolute Gasteiger partial charge is 0.126 e. The van der Waals surface area contributed by atoms with E-state index in [2.05, 4.69) is 6.58 Å². The van der Waals surface area contributed by atoms with Crippen molar-refractivity contribution in [3.05, 3.63) is 12.3 Å². The lowest BCUT2D eigenvalue weighted by Gasteiger charge is -2.58. The number of hydrogen-bond acceptors (Lipinski definition) is 2. The molecule has 0 heterocycles. The van der Waals surface area contributed by atoms with Gasteiger partial charge in [0.2, 0.25) is 0 Å². The van der Waals surface area contributed by atoms with Crippen molar-refractivity contribution in [2.75, 3.05) is 7.11 Å². The van der Waals surface area contributed by atoms with E-state index in [1.807, 2.05) is 0 Å². The van der Waals surface area contributed by atoms with Crippen LogP contribution in [0, 0.1) is 23.7 Å². The summed E-state index contributed by atoms with van der Waals surface area (Å²) in [5.41, 5.74) is -0.706. The van der Waals surface area contributed by atoms with Gasteiger partial charge < -0.3 is 9.84 Å². The molecule has 2 heteroatoms. The molecule has 4 fully saturated rings. The normalized spacial score (nSPS) is 51.9. The fraction of sp³-hybridized carbons (Fsp3) is 0.846. The van der Waals surface area contributed by atoms with Crippen LogP contribution in [0.2, 0.25) is 0 Å². The third-order valence-corrected chi connectivity index (χ3v) is 5.08. The van der Waals surface area contributed by atoms with Crippen molar-refractivity contribution in [1.82, 2.24) is 0 Å². The van der Waals surface area contributed by atoms with E-state index in [4.69, 9.17) is 4.74 Å². The van der Waals surface area contributed by atoms with Crippen LogP contribution in [0.1, 0.15) is 32.1 Å². The highest BCUT2D eigenvalue weighted by Gasteiger charge is 2.58. The minimum atomic E-state index is -0.706. The molecule has 0 aromatic carbocycles. The van der Waals surface area contributed by atoms with Gasteiger partial charge in [-0.25, -0.2) is 0 Å². The van der Waals surface area contributed by atoms with Gasteiger partial charge in [-0.05, 0) is 55.8 Å². The summed E-state index contributed by atoms with van der Waals surface area (Å²) in [5.74, 6) is 3.19. The van der Waals surface area contributed by atoms with E-state index >= 15 is 0 Å². The van der Waals surface area contributed by atoms with Crippen molar-refractivity contribution < 1.29 is 9.84 Å². The highest BCUT2D eigenvalue weighted by atomic mass is 16.5. The molecule has 4 bridgehead atoms. The molecule has 0 spiro atoms. The van der Waals surface area contributed by atoms with Crippen molar-refractivity contribution >= 4 is 0 Å². The molecule has 0 radical (unpaired) electrons. The monoisotopic (exact) mass is 208 g/mol. The van der Waals surface area contributed by atoms with Gasteiger partial charge in [-0.1, -0.05) is 6.58 Å². The largest absolute Gasteiger partial charge is 0.499 e. The van der Waals surface area contributed by atoms with Gasteiger partial charge in [0, 0.05) is 0 Å². The van der Waals surface area contributed by atoms with Crippen LogP contribution < -0.4 is 0 Å². The summed E-state index contributed by atoms with van der Waals surface area (Å²) in [6.45, 7) is 3.92. The zero-order chi connectivity index (χ0) is 10.6. The van der Waals surface area contributed by atoms with Crippen molar-refractivity contribution in [2.45, 2.75) is 37.7 Å². The maximum absolute atomic E-state index is 10.8. The quantitative estimate of drug-likeness (QED) is 0.706. The first-order chi connectivity index (χ1) is 7.14. The predicted octanol–water partition coefficient (Wildman–Crippen LogP) is 2.33. The molecule has 4 rings (SSSR count). The van der Waals surface area contributed by atoms with E-state index in [0.29, 0.717) is 17.6 Å². The van der Waals surface area contributed by atoms with Gasteiger partial charge in [0.25, 0.3) is 0 Å². The summed E-state index contributed by atoms with van der Waals surface area (Å²) in [6, 6.07) is 0. The zero-order valence-corrected chi connectivity index (χ0v) is 9.41. The molecule has 15 heavy (non-hydrogen) atoms. The van der Waals surface area contributed by atoms with E-state index < -0.39 is 5.60 Å². The highest BCUT2D eigenvalue weighted by molar-refractivity contribution is 5.18. The summed E-state index contributed by atoms with van der Waals surface area (Å²) >= 11 is 0. The standard InChI is InChI=1S/C13H20O2/c1-8(15-2)13(14)11-4-9-3-10(6-11)7-12(13)5-9/h9-12,14H,1,3-7H2,2H3. The number of methoxy groups -OCH3 is 1. The fourth-order valence-electron chi connectivity index (χ4n) is 4.52. The Balaban J connectivity index is 1.94. The first-order valence-corrected chi connectivity index (χ1v) is 6.10.